The molecule has 56 heavy (non-hydrogen) atoms. The van der Waals surface area contributed by atoms with E-state index in [1.807, 2.05) is 46.3 Å². The molecule has 0 aliphatic heterocycles. The molecule has 0 unspecified atom stereocenters. The molecule has 11 heteroatoms. The van der Waals surface area contributed by atoms with E-state index in [0.29, 0.717) is 0 Å². The standard InChI is InChI=1S/C10H15N.2C9H14N2.2C8H13N3.CH4/c1-8-5-9(7-11-6-8)10(2,3)4;1-7-5-8(6-10-11-7)9(2,3)4;1-7-5-8(9(2,3)4)11-10-6-7;1-6-10-7(5-9-11-6)8(2,3)4;1-6-5-9-11-7(10-6)8(2,3)4;/h5-7H,1-4H3;2*5-6H,1-4H3;2*5H,1-4H3;1H4. The predicted molar refractivity (Wildman–Crippen MR) is 232 cm³/mol. The van der Waals surface area contributed by atoms with Crippen LogP contribution < -0.4 is 0 Å². The van der Waals surface area contributed by atoms with Gasteiger partial charge in [0.1, 0.15) is 5.82 Å². The lowest BCUT2D eigenvalue weighted by Gasteiger charge is -2.18. The van der Waals surface area contributed by atoms with Gasteiger partial charge in [-0.2, -0.15) is 30.6 Å². The van der Waals surface area contributed by atoms with Crippen LogP contribution in [0.4, 0.5) is 0 Å². The fourth-order valence-corrected chi connectivity index (χ4v) is 4.14. The van der Waals surface area contributed by atoms with Gasteiger partial charge in [-0.15, -0.1) is 10.2 Å². The number of rotatable bonds is 0. The van der Waals surface area contributed by atoms with E-state index in [0.717, 1.165) is 34.4 Å². The van der Waals surface area contributed by atoms with Crippen LogP contribution in [0.15, 0.2) is 55.4 Å². The quantitative estimate of drug-likeness (QED) is 0.149. The van der Waals surface area contributed by atoms with Gasteiger partial charge in [0.2, 0.25) is 0 Å². The summed E-state index contributed by atoms with van der Waals surface area (Å²) in [5, 5.41) is 31.2. The Labute approximate surface area is 339 Å². The van der Waals surface area contributed by atoms with Gasteiger partial charge in [0.15, 0.2) is 5.82 Å². The molecule has 0 saturated carbocycles. The minimum atomic E-state index is -0.000972. The molecule has 0 N–H and O–H groups in total. The Bertz CT molecular complexity index is 1560. The van der Waals surface area contributed by atoms with Crippen molar-refractivity contribution in [2.24, 2.45) is 0 Å². The molecule has 0 bridgehead atoms. The third kappa shape index (κ3) is 20.3. The SMILES string of the molecule is C.Cc1cc(C(C)(C)C)cnn1.Cc1cncc(C(C)(C)C)c1.Cc1cnnc(C(C)(C)C)c1.Cc1cnnc(C(C)(C)C)n1.Cc1nncc(C(C)(C)C)n1. The van der Waals surface area contributed by atoms with Crippen molar-refractivity contribution in [3.8, 4) is 0 Å². The lowest BCUT2D eigenvalue weighted by molar-refractivity contribution is 0.530. The summed E-state index contributed by atoms with van der Waals surface area (Å²) in [6.07, 6.45) is 10.8. The molecule has 0 amide bonds. The van der Waals surface area contributed by atoms with Gasteiger partial charge >= 0.3 is 0 Å². The van der Waals surface area contributed by atoms with Crippen molar-refractivity contribution in [3.63, 3.8) is 0 Å². The summed E-state index contributed by atoms with van der Waals surface area (Å²) in [5.74, 6) is 1.54. The predicted octanol–water partition coefficient (Wildman–Crippen LogP) is 10.4. The van der Waals surface area contributed by atoms with Crippen LogP contribution in [0.1, 0.15) is 168 Å². The van der Waals surface area contributed by atoms with Gasteiger partial charge in [0.25, 0.3) is 0 Å². The van der Waals surface area contributed by atoms with Crippen LogP contribution >= 0.6 is 0 Å². The molecule has 5 heterocycles. The molecule has 0 atom stereocenters. The van der Waals surface area contributed by atoms with E-state index >= 15 is 0 Å². The van der Waals surface area contributed by atoms with Gasteiger partial charge in [-0.05, 0) is 79.8 Å². The van der Waals surface area contributed by atoms with E-state index < -0.39 is 0 Å². The zero-order valence-electron chi connectivity index (χ0n) is 37.6. The average Bonchev–Trinajstić information content (AvgIpc) is 3.04. The highest BCUT2D eigenvalue weighted by molar-refractivity contribution is 5.23. The molecule has 5 rings (SSSR count). The Hall–Kier alpha value is -4.67. The number of hydrogen-bond acceptors (Lipinski definition) is 11. The highest BCUT2D eigenvalue weighted by atomic mass is 15.2. The monoisotopic (exact) mass is 768 g/mol. The summed E-state index contributed by atoms with van der Waals surface area (Å²) >= 11 is 0. The van der Waals surface area contributed by atoms with Crippen LogP contribution in [0.5, 0.6) is 0 Å². The minimum Gasteiger partial charge on any atom is -0.264 e. The summed E-state index contributed by atoms with van der Waals surface area (Å²) in [5.41, 5.74) is 9.48. The Kier molecular flexibility index (Phi) is 19.8. The van der Waals surface area contributed by atoms with Crippen LogP contribution in [-0.4, -0.2) is 55.7 Å². The second-order valence-corrected chi connectivity index (χ2v) is 19.0. The highest BCUT2D eigenvalue weighted by Gasteiger charge is 2.18. The van der Waals surface area contributed by atoms with Gasteiger partial charge in [-0.25, -0.2) is 9.97 Å². The molecule has 0 saturated heterocycles. The Balaban J connectivity index is 0.000000672. The number of nitrogens with zero attached hydrogens (tertiary/aromatic N) is 11. The number of aromatic nitrogens is 11. The first kappa shape index (κ1) is 51.3. The largest absolute Gasteiger partial charge is 0.264 e. The molecular weight excluding hydrogens is 695 g/mol. The average molecular weight is 768 g/mol. The summed E-state index contributed by atoms with van der Waals surface area (Å²) in [7, 11) is 0. The zero-order valence-corrected chi connectivity index (χ0v) is 37.6. The topological polar surface area (TPSA) is 142 Å². The van der Waals surface area contributed by atoms with Crippen molar-refractivity contribution >= 4 is 0 Å². The van der Waals surface area contributed by atoms with Crippen molar-refractivity contribution < 1.29 is 0 Å². The van der Waals surface area contributed by atoms with Crippen LogP contribution in [0.2, 0.25) is 0 Å². The van der Waals surface area contributed by atoms with Crippen molar-refractivity contribution in [1.29, 1.82) is 0 Å². The third-order valence-corrected chi connectivity index (χ3v) is 7.73. The number of pyridine rings is 1. The Morgan fingerprint density at radius 1 is 0.375 bits per heavy atom. The molecule has 0 aliphatic carbocycles. The number of hydrogen-bond donors (Lipinski definition) is 0. The third-order valence-electron chi connectivity index (χ3n) is 7.73. The zero-order chi connectivity index (χ0) is 42.4. The second kappa shape index (κ2) is 21.6. The highest BCUT2D eigenvalue weighted by Crippen LogP contribution is 2.23. The first-order valence-electron chi connectivity index (χ1n) is 18.9. The smallest absolute Gasteiger partial charge is 0.156 e. The molecule has 5 aromatic heterocycles. The molecule has 5 aromatic rings. The fraction of sp³-hybridized carbons (Fsp3) is 0.578. The van der Waals surface area contributed by atoms with E-state index in [1.54, 1.807) is 18.6 Å². The van der Waals surface area contributed by atoms with Crippen LogP contribution in [-0.2, 0) is 27.1 Å². The molecule has 308 valence electrons. The normalized spacial score (nSPS) is 11.4. The van der Waals surface area contributed by atoms with Gasteiger partial charge in [-0.1, -0.05) is 117 Å². The lowest BCUT2D eigenvalue weighted by atomic mass is 9.88. The van der Waals surface area contributed by atoms with Crippen molar-refractivity contribution in [2.45, 2.75) is 173 Å². The fourth-order valence-electron chi connectivity index (χ4n) is 4.14. The van der Waals surface area contributed by atoms with Crippen molar-refractivity contribution in [2.75, 3.05) is 0 Å². The summed E-state index contributed by atoms with van der Waals surface area (Å²) in [6, 6.07) is 6.34. The van der Waals surface area contributed by atoms with E-state index in [-0.39, 0.29) is 34.5 Å². The Morgan fingerprint density at radius 3 is 1.23 bits per heavy atom. The van der Waals surface area contributed by atoms with Gasteiger partial charge in [0, 0.05) is 28.6 Å². The number of aryl methyl sites for hydroxylation is 5. The van der Waals surface area contributed by atoms with Crippen molar-refractivity contribution in [1.82, 2.24) is 55.7 Å². The summed E-state index contributed by atoms with van der Waals surface area (Å²) in [4.78, 5) is 12.7. The lowest BCUT2D eigenvalue weighted by Crippen LogP contribution is -2.17. The minimum absolute atomic E-state index is 0. The molecule has 11 nitrogen and oxygen atoms in total. The van der Waals surface area contributed by atoms with Gasteiger partial charge in [0.05, 0.1) is 47.6 Å². The van der Waals surface area contributed by atoms with Gasteiger partial charge in [-0.3, -0.25) is 4.98 Å². The maximum absolute atomic E-state index is 4.27. The maximum Gasteiger partial charge on any atom is 0.156 e. The van der Waals surface area contributed by atoms with E-state index in [2.05, 4.69) is 185 Å². The molecule has 0 fully saturated rings. The van der Waals surface area contributed by atoms with Crippen LogP contribution in [0.25, 0.3) is 0 Å². The van der Waals surface area contributed by atoms with E-state index in [1.165, 1.54) is 22.3 Å². The molecule has 0 aromatic carbocycles. The maximum atomic E-state index is 4.27. The first-order chi connectivity index (χ1) is 25.0. The summed E-state index contributed by atoms with van der Waals surface area (Å²) < 4.78 is 0. The van der Waals surface area contributed by atoms with Crippen molar-refractivity contribution in [3.05, 3.63) is 112 Å². The first-order valence-corrected chi connectivity index (χ1v) is 18.9. The summed E-state index contributed by atoms with van der Waals surface area (Å²) in [6.45, 7) is 41.9. The molecule has 0 aliphatic rings. The van der Waals surface area contributed by atoms with Crippen LogP contribution in [0, 0.1) is 34.6 Å². The molecule has 0 spiro atoms. The molecular formula is C45H73N11. The van der Waals surface area contributed by atoms with E-state index in [9.17, 15) is 0 Å². The van der Waals surface area contributed by atoms with Crippen LogP contribution in [0.3, 0.4) is 0 Å². The van der Waals surface area contributed by atoms with E-state index in [4.69, 9.17) is 0 Å². The Morgan fingerprint density at radius 2 is 0.875 bits per heavy atom. The molecule has 0 radical (unpaired) electrons. The van der Waals surface area contributed by atoms with Gasteiger partial charge < -0.3 is 0 Å². The second-order valence-electron chi connectivity index (χ2n) is 19.0.